The molecule has 0 radical (unpaired) electrons. The summed E-state index contributed by atoms with van der Waals surface area (Å²) >= 11 is 6.19. The fraction of sp³-hybridized carbons (Fsp3) is 0.368. The summed E-state index contributed by atoms with van der Waals surface area (Å²) in [4.78, 5) is 9.69. The van der Waals surface area contributed by atoms with Crippen molar-refractivity contribution >= 4 is 28.8 Å². The normalized spacial score (nSPS) is 26.4. The van der Waals surface area contributed by atoms with Gasteiger partial charge in [-0.2, -0.15) is 0 Å². The van der Waals surface area contributed by atoms with Gasteiger partial charge in [0.05, 0.1) is 16.4 Å². The van der Waals surface area contributed by atoms with Gasteiger partial charge in [-0.15, -0.1) is 0 Å². The van der Waals surface area contributed by atoms with Crippen LogP contribution in [0.25, 0.3) is 0 Å². The third kappa shape index (κ3) is 3.61. The minimum absolute atomic E-state index is 0.0375. The first kappa shape index (κ1) is 17.1. The van der Waals surface area contributed by atoms with Gasteiger partial charge in [0, 0.05) is 30.2 Å². The van der Waals surface area contributed by atoms with Crippen LogP contribution in [0.3, 0.4) is 0 Å². The van der Waals surface area contributed by atoms with E-state index in [1.165, 1.54) is 12.8 Å². The summed E-state index contributed by atoms with van der Waals surface area (Å²) in [5.41, 5.74) is 9.20. The van der Waals surface area contributed by atoms with Crippen molar-refractivity contribution in [3.05, 3.63) is 53.0 Å². The van der Waals surface area contributed by atoms with Crippen LogP contribution >= 0.6 is 11.6 Å². The molecule has 0 spiro atoms. The number of nitrogen functional groups attached to an aromatic ring is 1. The molecule has 1 fully saturated rings. The summed E-state index contributed by atoms with van der Waals surface area (Å²) in [5.74, 6) is 1.37. The maximum Gasteiger partial charge on any atom is 0.152 e. The number of hydrogen-bond acceptors (Lipinski definition) is 5. The number of halogens is 1. The summed E-state index contributed by atoms with van der Waals surface area (Å²) in [7, 11) is 0. The fourth-order valence-corrected chi connectivity index (χ4v) is 3.61. The van der Waals surface area contributed by atoms with Gasteiger partial charge < -0.3 is 21.7 Å². The zero-order valence-electron chi connectivity index (χ0n) is 14.5. The van der Waals surface area contributed by atoms with Crippen LogP contribution in [-0.4, -0.2) is 37.2 Å². The van der Waals surface area contributed by atoms with Crippen molar-refractivity contribution in [2.24, 2.45) is 15.9 Å². The SMILES string of the molecule is Nc1ccc(C2=NC(=NC[C@H]3CCCNC3)C3NC=CNC3=C2)cc1Cl. The van der Waals surface area contributed by atoms with Crippen molar-refractivity contribution in [3.63, 3.8) is 0 Å². The summed E-state index contributed by atoms with van der Waals surface area (Å²) in [6.07, 6.45) is 8.23. The molecule has 3 aliphatic rings. The van der Waals surface area contributed by atoms with Gasteiger partial charge in [-0.25, -0.2) is 4.99 Å². The zero-order chi connectivity index (χ0) is 17.9. The number of anilines is 1. The minimum atomic E-state index is -0.0375. The van der Waals surface area contributed by atoms with E-state index in [1.54, 1.807) is 0 Å². The highest BCUT2D eigenvalue weighted by Crippen LogP contribution is 2.23. The first-order chi connectivity index (χ1) is 12.7. The summed E-state index contributed by atoms with van der Waals surface area (Å²) in [6, 6.07) is 5.56. The van der Waals surface area contributed by atoms with Gasteiger partial charge in [0.15, 0.2) is 5.84 Å². The van der Waals surface area contributed by atoms with E-state index in [0.717, 1.165) is 42.4 Å². The van der Waals surface area contributed by atoms with Gasteiger partial charge >= 0.3 is 0 Å². The van der Waals surface area contributed by atoms with Crippen molar-refractivity contribution in [1.29, 1.82) is 0 Å². The number of benzene rings is 1. The van der Waals surface area contributed by atoms with E-state index in [9.17, 15) is 0 Å². The predicted molar refractivity (Wildman–Crippen MR) is 108 cm³/mol. The van der Waals surface area contributed by atoms with Gasteiger partial charge in [-0.3, -0.25) is 4.99 Å². The fourth-order valence-electron chi connectivity index (χ4n) is 3.42. The average Bonchev–Trinajstić information content (AvgIpc) is 2.69. The number of nitrogens with one attached hydrogen (secondary N) is 3. The van der Waals surface area contributed by atoms with E-state index in [2.05, 4.69) is 16.0 Å². The highest BCUT2D eigenvalue weighted by atomic mass is 35.5. The van der Waals surface area contributed by atoms with Gasteiger partial charge in [0.1, 0.15) is 6.04 Å². The standard InChI is InChI=1S/C19H23ClN6/c20-14-8-13(3-4-15(14)21)16-9-17-18(24-7-6-23-17)19(26-16)25-11-12-2-1-5-22-10-12/h3-4,6-9,12,18,22-24H,1-2,5,10-11,21H2/t12-,18?/m0/s1. The second kappa shape index (κ2) is 7.51. The van der Waals surface area contributed by atoms with Gasteiger partial charge in [-0.1, -0.05) is 17.7 Å². The number of fused-ring (bicyclic) bond motifs is 1. The first-order valence-corrected chi connectivity index (χ1v) is 9.37. The maximum absolute atomic E-state index is 6.19. The summed E-state index contributed by atoms with van der Waals surface area (Å²) < 4.78 is 0. The van der Waals surface area contributed by atoms with Gasteiger partial charge in [0.2, 0.25) is 0 Å². The van der Waals surface area contributed by atoms with Crippen LogP contribution in [0.15, 0.2) is 52.4 Å². The minimum Gasteiger partial charge on any atom is -0.398 e. The zero-order valence-corrected chi connectivity index (χ0v) is 15.3. The Kier molecular flexibility index (Phi) is 4.95. The second-order valence-corrected chi connectivity index (χ2v) is 7.23. The summed E-state index contributed by atoms with van der Waals surface area (Å²) in [6.45, 7) is 2.93. The summed E-state index contributed by atoms with van der Waals surface area (Å²) in [5, 5.41) is 10.6. The Hall–Kier alpha value is -2.31. The van der Waals surface area contributed by atoms with E-state index in [-0.39, 0.29) is 6.04 Å². The number of dihydropyridines is 1. The Morgan fingerprint density at radius 3 is 3.04 bits per heavy atom. The largest absolute Gasteiger partial charge is 0.398 e. The first-order valence-electron chi connectivity index (χ1n) is 8.99. The topological polar surface area (TPSA) is 86.8 Å². The number of aliphatic imine (C=N–C) groups is 2. The number of allylic oxidation sites excluding steroid dienone is 1. The third-order valence-electron chi connectivity index (χ3n) is 4.90. The molecule has 136 valence electrons. The molecule has 7 heteroatoms. The number of nitrogens with zero attached hydrogens (tertiary/aromatic N) is 2. The highest BCUT2D eigenvalue weighted by molar-refractivity contribution is 6.33. The average molecular weight is 371 g/mol. The molecule has 1 saturated heterocycles. The lowest BCUT2D eigenvalue weighted by molar-refractivity contribution is 0.386. The molecule has 0 saturated carbocycles. The lowest BCUT2D eigenvalue weighted by Crippen LogP contribution is -2.44. The Morgan fingerprint density at radius 2 is 2.23 bits per heavy atom. The van der Waals surface area contributed by atoms with Crippen molar-refractivity contribution < 1.29 is 0 Å². The Bertz CT molecular complexity index is 804. The highest BCUT2D eigenvalue weighted by Gasteiger charge is 2.27. The van der Waals surface area contributed by atoms with Crippen molar-refractivity contribution in [1.82, 2.24) is 16.0 Å². The predicted octanol–water partition coefficient (Wildman–Crippen LogP) is 2.04. The van der Waals surface area contributed by atoms with E-state index in [1.807, 2.05) is 36.7 Å². The van der Waals surface area contributed by atoms with E-state index >= 15 is 0 Å². The van der Waals surface area contributed by atoms with Crippen molar-refractivity contribution in [2.75, 3.05) is 25.4 Å². The molecule has 0 aliphatic carbocycles. The molecule has 3 heterocycles. The molecular formula is C19H23ClN6. The maximum atomic E-state index is 6.19. The van der Waals surface area contributed by atoms with Crippen LogP contribution in [0, 0.1) is 5.92 Å². The number of piperidine rings is 1. The lowest BCUT2D eigenvalue weighted by Gasteiger charge is -2.29. The monoisotopic (exact) mass is 370 g/mol. The number of rotatable bonds is 3. The van der Waals surface area contributed by atoms with E-state index in [0.29, 0.717) is 16.6 Å². The molecule has 3 aliphatic heterocycles. The van der Waals surface area contributed by atoms with Crippen LogP contribution in [0.1, 0.15) is 18.4 Å². The molecule has 0 amide bonds. The molecule has 0 bridgehead atoms. The Balaban J connectivity index is 1.64. The molecule has 1 aromatic carbocycles. The quantitative estimate of drug-likeness (QED) is 0.613. The number of hydrogen-bond donors (Lipinski definition) is 4. The van der Waals surface area contributed by atoms with Crippen LogP contribution in [-0.2, 0) is 0 Å². The molecule has 4 rings (SSSR count). The second-order valence-electron chi connectivity index (χ2n) is 6.82. The molecule has 0 aromatic heterocycles. The van der Waals surface area contributed by atoms with Crippen LogP contribution < -0.4 is 21.7 Å². The van der Waals surface area contributed by atoms with E-state index < -0.39 is 0 Å². The Labute approximate surface area is 158 Å². The molecule has 1 unspecified atom stereocenters. The lowest BCUT2D eigenvalue weighted by atomic mass is 9.99. The molecule has 5 N–H and O–H groups in total. The van der Waals surface area contributed by atoms with Crippen LogP contribution in [0.2, 0.25) is 5.02 Å². The van der Waals surface area contributed by atoms with Crippen LogP contribution in [0.4, 0.5) is 5.69 Å². The van der Waals surface area contributed by atoms with Crippen molar-refractivity contribution in [2.45, 2.75) is 18.9 Å². The Morgan fingerprint density at radius 1 is 1.31 bits per heavy atom. The van der Waals surface area contributed by atoms with Gasteiger partial charge in [-0.05, 0) is 50.1 Å². The third-order valence-corrected chi connectivity index (χ3v) is 5.23. The van der Waals surface area contributed by atoms with Crippen molar-refractivity contribution in [3.8, 4) is 0 Å². The molecule has 26 heavy (non-hydrogen) atoms. The van der Waals surface area contributed by atoms with Gasteiger partial charge in [0.25, 0.3) is 0 Å². The molecular weight excluding hydrogens is 348 g/mol. The smallest absolute Gasteiger partial charge is 0.152 e. The van der Waals surface area contributed by atoms with Crippen LogP contribution in [0.5, 0.6) is 0 Å². The molecule has 2 atom stereocenters. The molecule has 6 nitrogen and oxygen atoms in total. The molecule has 1 aromatic rings. The number of amidine groups is 1. The number of nitrogens with two attached hydrogens (primary N) is 1. The van der Waals surface area contributed by atoms with E-state index in [4.69, 9.17) is 27.3 Å².